The molecule has 0 aromatic rings. The number of allylic oxidation sites excluding steroid dienone is 3. The van der Waals surface area contributed by atoms with Gasteiger partial charge in [0.15, 0.2) is 0 Å². The van der Waals surface area contributed by atoms with Crippen LogP contribution in [0.25, 0.3) is 0 Å². The molecular weight excluding hydrogens is 259 g/mol. The zero-order valence-corrected chi connectivity index (χ0v) is 11.4. The molecule has 0 amide bonds. The minimum absolute atomic E-state index is 0.0335. The molecule has 3 nitrogen and oxygen atoms in total. The van der Waals surface area contributed by atoms with E-state index in [9.17, 15) is 18.0 Å². The van der Waals surface area contributed by atoms with Crippen LogP contribution in [-0.4, -0.2) is 24.8 Å². The number of halogens is 3. The van der Waals surface area contributed by atoms with E-state index < -0.39 is 23.8 Å². The van der Waals surface area contributed by atoms with Crippen LogP contribution in [0.2, 0.25) is 0 Å². The van der Waals surface area contributed by atoms with Gasteiger partial charge in [-0.25, -0.2) is 0 Å². The van der Waals surface area contributed by atoms with Crippen molar-refractivity contribution >= 4 is 5.97 Å². The molecule has 110 valence electrons. The lowest BCUT2D eigenvalue weighted by Crippen LogP contribution is -2.29. The third-order valence-corrected chi connectivity index (χ3v) is 2.39. The van der Waals surface area contributed by atoms with E-state index in [1.807, 2.05) is 0 Å². The first-order valence-corrected chi connectivity index (χ1v) is 6.11. The number of esters is 1. The fourth-order valence-electron chi connectivity index (χ4n) is 1.31. The molecule has 0 heterocycles. The molecule has 0 aliphatic rings. The first kappa shape index (κ1) is 17.7. The Balaban J connectivity index is 5.12. The molecule has 2 N–H and O–H groups in total. The standard InChI is InChI=1S/C13H20F3NO2/c1-4-6-7-11(13(14,15)16)10(5-2)8-19-12(18)9(3)17/h6-7,9H,4-5,8,17H2,1-3H3/b7-6-,11-10-. The van der Waals surface area contributed by atoms with Gasteiger partial charge < -0.3 is 10.5 Å². The highest BCUT2D eigenvalue weighted by Gasteiger charge is 2.34. The molecule has 0 saturated carbocycles. The Morgan fingerprint density at radius 2 is 1.95 bits per heavy atom. The molecule has 0 aliphatic heterocycles. The third-order valence-electron chi connectivity index (χ3n) is 2.39. The number of hydrogen-bond donors (Lipinski definition) is 1. The smallest absolute Gasteiger partial charge is 0.416 e. The second-order valence-electron chi connectivity index (χ2n) is 4.08. The highest BCUT2D eigenvalue weighted by atomic mass is 19.4. The molecular formula is C13H20F3NO2. The molecule has 1 atom stereocenters. The minimum atomic E-state index is -4.46. The maximum atomic E-state index is 12.9. The fourth-order valence-corrected chi connectivity index (χ4v) is 1.31. The van der Waals surface area contributed by atoms with Gasteiger partial charge in [-0.05, 0) is 25.3 Å². The van der Waals surface area contributed by atoms with Crippen molar-refractivity contribution in [2.75, 3.05) is 6.61 Å². The van der Waals surface area contributed by atoms with Gasteiger partial charge in [-0.3, -0.25) is 4.79 Å². The van der Waals surface area contributed by atoms with Crippen LogP contribution in [0.3, 0.4) is 0 Å². The van der Waals surface area contributed by atoms with E-state index in [0.29, 0.717) is 6.42 Å². The van der Waals surface area contributed by atoms with Gasteiger partial charge in [-0.1, -0.05) is 26.0 Å². The summed E-state index contributed by atoms with van der Waals surface area (Å²) in [6, 6.07) is -0.848. The average molecular weight is 279 g/mol. The predicted octanol–water partition coefficient (Wildman–Crippen LogP) is 3.11. The van der Waals surface area contributed by atoms with Crippen LogP contribution < -0.4 is 5.73 Å². The number of carbonyl (C=O) groups excluding carboxylic acids is 1. The van der Waals surface area contributed by atoms with Crippen molar-refractivity contribution in [1.82, 2.24) is 0 Å². The van der Waals surface area contributed by atoms with Crippen molar-refractivity contribution in [3.05, 3.63) is 23.3 Å². The van der Waals surface area contributed by atoms with Crippen LogP contribution in [0, 0.1) is 0 Å². The normalized spacial score (nSPS) is 15.3. The van der Waals surface area contributed by atoms with Gasteiger partial charge >= 0.3 is 12.1 Å². The Kier molecular flexibility index (Phi) is 7.44. The molecule has 0 rings (SSSR count). The highest BCUT2D eigenvalue weighted by molar-refractivity contribution is 5.75. The van der Waals surface area contributed by atoms with Gasteiger partial charge in [0.1, 0.15) is 12.6 Å². The number of carbonyl (C=O) groups is 1. The Labute approximate surface area is 111 Å². The highest BCUT2D eigenvalue weighted by Crippen LogP contribution is 2.30. The van der Waals surface area contributed by atoms with E-state index in [2.05, 4.69) is 0 Å². The lowest BCUT2D eigenvalue weighted by Gasteiger charge is -2.15. The summed E-state index contributed by atoms with van der Waals surface area (Å²) in [7, 11) is 0. The largest absolute Gasteiger partial charge is 0.460 e. The first-order chi connectivity index (χ1) is 8.73. The van der Waals surface area contributed by atoms with E-state index >= 15 is 0 Å². The Hall–Kier alpha value is -1.30. The predicted molar refractivity (Wildman–Crippen MR) is 67.4 cm³/mol. The van der Waals surface area contributed by atoms with Crippen LogP contribution in [-0.2, 0) is 9.53 Å². The summed E-state index contributed by atoms with van der Waals surface area (Å²) in [6.45, 7) is 4.35. The van der Waals surface area contributed by atoms with E-state index in [-0.39, 0.29) is 18.6 Å². The fraction of sp³-hybridized carbons (Fsp3) is 0.615. The number of hydrogen-bond acceptors (Lipinski definition) is 3. The van der Waals surface area contributed by atoms with Gasteiger partial charge in [0.2, 0.25) is 0 Å². The molecule has 0 aliphatic carbocycles. The molecule has 19 heavy (non-hydrogen) atoms. The molecule has 0 spiro atoms. The lowest BCUT2D eigenvalue weighted by atomic mass is 10.1. The van der Waals surface area contributed by atoms with Crippen molar-refractivity contribution in [1.29, 1.82) is 0 Å². The third kappa shape index (κ3) is 6.42. The second-order valence-corrected chi connectivity index (χ2v) is 4.08. The van der Waals surface area contributed by atoms with Crippen molar-refractivity contribution in [3.63, 3.8) is 0 Å². The van der Waals surface area contributed by atoms with Crippen LogP contribution in [0.5, 0.6) is 0 Å². The number of alkyl halides is 3. The van der Waals surface area contributed by atoms with E-state index in [1.165, 1.54) is 13.0 Å². The molecule has 1 unspecified atom stereocenters. The molecule has 0 aromatic heterocycles. The van der Waals surface area contributed by atoms with Gasteiger partial charge in [0.05, 0.1) is 5.57 Å². The minimum Gasteiger partial charge on any atom is -0.460 e. The summed E-state index contributed by atoms with van der Waals surface area (Å²) in [5.41, 5.74) is 4.56. The zero-order valence-electron chi connectivity index (χ0n) is 11.4. The molecule has 0 bridgehead atoms. The van der Waals surface area contributed by atoms with Crippen LogP contribution in [0.1, 0.15) is 33.6 Å². The van der Waals surface area contributed by atoms with Gasteiger partial charge in [-0.2, -0.15) is 13.2 Å². The molecule has 0 saturated heterocycles. The lowest BCUT2D eigenvalue weighted by molar-refractivity contribution is -0.144. The SMILES string of the molecule is CC/C=C\C(=C(/CC)COC(=O)C(C)N)C(F)(F)F. The summed E-state index contributed by atoms with van der Waals surface area (Å²) in [6.07, 6.45) is -1.37. The summed E-state index contributed by atoms with van der Waals surface area (Å²) in [5.74, 6) is -0.716. The van der Waals surface area contributed by atoms with E-state index in [0.717, 1.165) is 6.08 Å². The molecule has 0 radical (unpaired) electrons. The Morgan fingerprint density at radius 1 is 1.37 bits per heavy atom. The topological polar surface area (TPSA) is 52.3 Å². The van der Waals surface area contributed by atoms with Crippen LogP contribution in [0.4, 0.5) is 13.2 Å². The maximum absolute atomic E-state index is 12.9. The molecule has 0 fully saturated rings. The molecule has 0 aromatic carbocycles. The number of rotatable bonds is 6. The summed E-state index contributed by atoms with van der Waals surface area (Å²) in [5, 5.41) is 0. The van der Waals surface area contributed by atoms with Gasteiger partial charge in [-0.15, -0.1) is 0 Å². The maximum Gasteiger partial charge on any atom is 0.416 e. The Morgan fingerprint density at radius 3 is 2.32 bits per heavy atom. The summed E-state index contributed by atoms with van der Waals surface area (Å²) >= 11 is 0. The summed E-state index contributed by atoms with van der Waals surface area (Å²) in [4.78, 5) is 11.2. The first-order valence-electron chi connectivity index (χ1n) is 6.11. The van der Waals surface area contributed by atoms with Crippen molar-refractivity contribution in [2.24, 2.45) is 5.73 Å². The molecule has 6 heteroatoms. The quantitative estimate of drug-likeness (QED) is 0.600. The number of nitrogens with two attached hydrogens (primary N) is 1. The second kappa shape index (κ2) is 7.99. The van der Waals surface area contributed by atoms with Crippen molar-refractivity contribution < 1.29 is 22.7 Å². The Bertz CT molecular complexity index is 357. The van der Waals surface area contributed by atoms with Crippen molar-refractivity contribution in [3.8, 4) is 0 Å². The van der Waals surface area contributed by atoms with Gasteiger partial charge in [0.25, 0.3) is 0 Å². The van der Waals surface area contributed by atoms with E-state index in [4.69, 9.17) is 10.5 Å². The zero-order chi connectivity index (χ0) is 15.1. The summed E-state index contributed by atoms with van der Waals surface area (Å²) < 4.78 is 43.4. The van der Waals surface area contributed by atoms with E-state index in [1.54, 1.807) is 13.8 Å². The van der Waals surface area contributed by atoms with Crippen LogP contribution >= 0.6 is 0 Å². The van der Waals surface area contributed by atoms with Crippen LogP contribution in [0.15, 0.2) is 23.3 Å². The number of ether oxygens (including phenoxy) is 1. The average Bonchev–Trinajstić information content (AvgIpc) is 2.31. The van der Waals surface area contributed by atoms with Gasteiger partial charge in [0, 0.05) is 0 Å². The monoisotopic (exact) mass is 279 g/mol. The van der Waals surface area contributed by atoms with Crippen molar-refractivity contribution in [2.45, 2.75) is 45.8 Å².